The minimum absolute atomic E-state index is 0.226. The Morgan fingerprint density at radius 3 is 2.68 bits per heavy atom. The third-order valence-electron chi connectivity index (χ3n) is 5.53. The molecule has 6 nitrogen and oxygen atoms in total. The fraction of sp³-hybridized carbons (Fsp3) is 0.611. The summed E-state index contributed by atoms with van der Waals surface area (Å²) in [5, 5.41) is 8.65. The molecule has 1 aromatic carbocycles. The Hall–Kier alpha value is -1.62. The molecule has 0 bridgehead atoms. The monoisotopic (exact) mass is 361 g/mol. The standard InChI is InChI=1S/C18H23N3O3S/c19-9-12-21-10-7-18(8-11-21)13-16(20-25(22,23)14-5-6-14)15-3-1-2-4-17(15)24-18/h1-4,14,16,20H,5-8,10-13H2. The van der Waals surface area contributed by atoms with Gasteiger partial charge in [0, 0.05) is 25.1 Å². The van der Waals surface area contributed by atoms with Crippen LogP contribution in [0.2, 0.25) is 0 Å². The topological polar surface area (TPSA) is 82.4 Å². The molecule has 1 saturated heterocycles. The van der Waals surface area contributed by atoms with Crippen LogP contribution in [0.1, 0.15) is 43.7 Å². The number of rotatable bonds is 4. The molecule has 1 N–H and O–H groups in total. The van der Waals surface area contributed by atoms with E-state index in [4.69, 9.17) is 10.00 Å². The van der Waals surface area contributed by atoms with Crippen LogP contribution in [0.4, 0.5) is 0 Å². The number of piperidine rings is 1. The highest BCUT2D eigenvalue weighted by Gasteiger charge is 2.45. The summed E-state index contributed by atoms with van der Waals surface area (Å²) >= 11 is 0. The number of hydrogen-bond acceptors (Lipinski definition) is 5. The molecule has 3 aliphatic rings. The predicted molar refractivity (Wildman–Crippen MR) is 93.5 cm³/mol. The van der Waals surface area contributed by atoms with Gasteiger partial charge in [0.2, 0.25) is 10.0 Å². The number of para-hydroxylation sites is 1. The number of nitrogens with zero attached hydrogens (tertiary/aromatic N) is 2. The molecular weight excluding hydrogens is 338 g/mol. The number of nitrogens with one attached hydrogen (secondary N) is 1. The maximum Gasteiger partial charge on any atom is 0.215 e. The van der Waals surface area contributed by atoms with Crippen LogP contribution >= 0.6 is 0 Å². The normalized spacial score (nSPS) is 25.8. The van der Waals surface area contributed by atoms with Crippen LogP contribution in [-0.4, -0.2) is 43.8 Å². The zero-order valence-electron chi connectivity index (χ0n) is 14.1. The van der Waals surface area contributed by atoms with E-state index >= 15 is 0 Å². The lowest BCUT2D eigenvalue weighted by Gasteiger charge is -2.46. The third-order valence-corrected chi connectivity index (χ3v) is 7.49. The first-order valence-electron chi connectivity index (χ1n) is 8.90. The fourth-order valence-corrected chi connectivity index (χ4v) is 5.48. The molecule has 1 atom stereocenters. The van der Waals surface area contributed by atoms with Gasteiger partial charge >= 0.3 is 0 Å². The van der Waals surface area contributed by atoms with E-state index < -0.39 is 10.0 Å². The van der Waals surface area contributed by atoms with Gasteiger partial charge in [-0.25, -0.2) is 13.1 Å². The minimum atomic E-state index is -3.26. The Balaban J connectivity index is 1.58. The highest BCUT2D eigenvalue weighted by molar-refractivity contribution is 7.90. The quantitative estimate of drug-likeness (QED) is 0.829. The van der Waals surface area contributed by atoms with E-state index in [0.717, 1.165) is 50.1 Å². The van der Waals surface area contributed by atoms with Gasteiger partial charge in [-0.05, 0) is 31.7 Å². The summed E-state index contributed by atoms with van der Waals surface area (Å²) in [7, 11) is -3.26. The molecule has 2 heterocycles. The maximum atomic E-state index is 12.5. The van der Waals surface area contributed by atoms with Crippen molar-refractivity contribution in [1.29, 1.82) is 5.26 Å². The SMILES string of the molecule is N#CCN1CCC2(CC1)CC(NS(=O)(=O)C1CC1)c1ccccc1O2. The molecule has 0 aromatic heterocycles. The van der Waals surface area contributed by atoms with Crippen molar-refractivity contribution < 1.29 is 13.2 Å². The van der Waals surface area contributed by atoms with Gasteiger partial charge in [-0.2, -0.15) is 5.26 Å². The molecule has 134 valence electrons. The van der Waals surface area contributed by atoms with Gasteiger partial charge in [0.05, 0.1) is 23.9 Å². The predicted octanol–water partition coefficient (Wildman–Crippen LogP) is 1.95. The first kappa shape index (κ1) is 16.8. The first-order chi connectivity index (χ1) is 12.0. The van der Waals surface area contributed by atoms with Crippen LogP contribution in [0.15, 0.2) is 24.3 Å². The molecule has 0 amide bonds. The van der Waals surface area contributed by atoms with Crippen molar-refractivity contribution in [2.24, 2.45) is 0 Å². The molecule has 1 aromatic rings. The van der Waals surface area contributed by atoms with E-state index in [-0.39, 0.29) is 16.9 Å². The smallest absolute Gasteiger partial charge is 0.215 e. The maximum absolute atomic E-state index is 12.5. The van der Waals surface area contributed by atoms with Crippen molar-refractivity contribution in [3.8, 4) is 11.8 Å². The minimum Gasteiger partial charge on any atom is -0.487 e. The van der Waals surface area contributed by atoms with E-state index in [9.17, 15) is 8.42 Å². The fourth-order valence-electron chi connectivity index (χ4n) is 3.92. The molecule has 7 heteroatoms. The van der Waals surface area contributed by atoms with E-state index in [1.807, 2.05) is 24.3 Å². The number of likely N-dealkylation sites (tertiary alicyclic amines) is 1. The molecular formula is C18H23N3O3S. The summed E-state index contributed by atoms with van der Waals surface area (Å²) < 4.78 is 34.3. The van der Waals surface area contributed by atoms with Crippen LogP contribution in [0.25, 0.3) is 0 Å². The number of ether oxygens (including phenoxy) is 1. The molecule has 25 heavy (non-hydrogen) atoms. The second-order valence-electron chi connectivity index (χ2n) is 7.38. The number of benzene rings is 1. The molecule has 2 fully saturated rings. The average molecular weight is 361 g/mol. The van der Waals surface area contributed by atoms with Crippen LogP contribution in [-0.2, 0) is 10.0 Å². The van der Waals surface area contributed by atoms with Gasteiger partial charge in [0.15, 0.2) is 0 Å². The van der Waals surface area contributed by atoms with E-state index in [2.05, 4.69) is 15.7 Å². The Labute approximate surface area is 148 Å². The van der Waals surface area contributed by atoms with Crippen molar-refractivity contribution in [1.82, 2.24) is 9.62 Å². The second-order valence-corrected chi connectivity index (χ2v) is 9.37. The summed E-state index contributed by atoms with van der Waals surface area (Å²) in [6.07, 6.45) is 3.79. The zero-order chi connectivity index (χ0) is 17.5. The summed E-state index contributed by atoms with van der Waals surface area (Å²) in [4.78, 5) is 2.12. The lowest BCUT2D eigenvalue weighted by atomic mass is 9.81. The Morgan fingerprint density at radius 1 is 1.28 bits per heavy atom. The highest BCUT2D eigenvalue weighted by Crippen LogP contribution is 2.45. The summed E-state index contributed by atoms with van der Waals surface area (Å²) in [5.41, 5.74) is 0.577. The number of fused-ring (bicyclic) bond motifs is 1. The number of hydrogen-bond donors (Lipinski definition) is 1. The lowest BCUT2D eigenvalue weighted by Crippen LogP contribution is -2.52. The van der Waals surface area contributed by atoms with Crippen LogP contribution < -0.4 is 9.46 Å². The van der Waals surface area contributed by atoms with Gasteiger partial charge in [-0.15, -0.1) is 0 Å². The molecule has 1 aliphatic carbocycles. The van der Waals surface area contributed by atoms with Crippen LogP contribution in [0.5, 0.6) is 5.75 Å². The molecule has 4 rings (SSSR count). The van der Waals surface area contributed by atoms with Crippen molar-refractivity contribution in [2.45, 2.75) is 49.0 Å². The number of nitriles is 1. The van der Waals surface area contributed by atoms with E-state index in [1.54, 1.807) is 0 Å². The first-order valence-corrected chi connectivity index (χ1v) is 10.4. The van der Waals surface area contributed by atoms with Crippen molar-refractivity contribution in [2.75, 3.05) is 19.6 Å². The van der Waals surface area contributed by atoms with E-state index in [0.29, 0.717) is 13.0 Å². The van der Waals surface area contributed by atoms with Gasteiger partial charge in [-0.1, -0.05) is 18.2 Å². The van der Waals surface area contributed by atoms with Crippen LogP contribution in [0, 0.1) is 11.3 Å². The molecule has 1 spiro atoms. The Morgan fingerprint density at radius 2 is 2.00 bits per heavy atom. The highest BCUT2D eigenvalue weighted by atomic mass is 32.2. The lowest BCUT2D eigenvalue weighted by molar-refractivity contribution is -0.0205. The van der Waals surface area contributed by atoms with Gasteiger partial charge < -0.3 is 4.74 Å². The van der Waals surface area contributed by atoms with Crippen molar-refractivity contribution in [3.63, 3.8) is 0 Å². The molecule has 1 saturated carbocycles. The van der Waals surface area contributed by atoms with Crippen molar-refractivity contribution >= 4 is 10.0 Å². The largest absolute Gasteiger partial charge is 0.487 e. The van der Waals surface area contributed by atoms with Gasteiger partial charge in [0.1, 0.15) is 11.4 Å². The van der Waals surface area contributed by atoms with E-state index in [1.165, 1.54) is 0 Å². The zero-order valence-corrected chi connectivity index (χ0v) is 15.0. The van der Waals surface area contributed by atoms with Gasteiger partial charge in [-0.3, -0.25) is 4.90 Å². The molecule has 0 radical (unpaired) electrons. The molecule has 2 aliphatic heterocycles. The number of sulfonamides is 1. The van der Waals surface area contributed by atoms with Gasteiger partial charge in [0.25, 0.3) is 0 Å². The average Bonchev–Trinajstić information content (AvgIpc) is 3.43. The van der Waals surface area contributed by atoms with Crippen LogP contribution in [0.3, 0.4) is 0 Å². The Bertz CT molecular complexity index is 790. The second kappa shape index (κ2) is 6.27. The van der Waals surface area contributed by atoms with Crippen molar-refractivity contribution in [3.05, 3.63) is 29.8 Å². The Kier molecular flexibility index (Phi) is 4.22. The summed E-state index contributed by atoms with van der Waals surface area (Å²) in [6, 6.07) is 9.69. The third kappa shape index (κ3) is 3.39. The summed E-state index contributed by atoms with van der Waals surface area (Å²) in [5.74, 6) is 0.783. The molecule has 1 unspecified atom stereocenters. The summed E-state index contributed by atoms with van der Waals surface area (Å²) in [6.45, 7) is 2.04.